The summed E-state index contributed by atoms with van der Waals surface area (Å²) in [5, 5.41) is 6.87. The lowest BCUT2D eigenvalue weighted by Crippen LogP contribution is -2.18. The van der Waals surface area contributed by atoms with Crippen molar-refractivity contribution in [3.05, 3.63) is 17.5 Å². The van der Waals surface area contributed by atoms with E-state index in [4.69, 9.17) is 0 Å². The Morgan fingerprint density at radius 1 is 1.67 bits per heavy atom. The van der Waals surface area contributed by atoms with Crippen LogP contribution < -0.4 is 0 Å². The van der Waals surface area contributed by atoms with Crippen LogP contribution in [0.4, 0.5) is 0 Å². The molecule has 1 N–H and O–H groups in total. The van der Waals surface area contributed by atoms with Gasteiger partial charge < -0.3 is 4.74 Å². The summed E-state index contributed by atoms with van der Waals surface area (Å²) in [5.41, 5.74) is 1.42. The van der Waals surface area contributed by atoms with Gasteiger partial charge in [-0.25, -0.2) is 4.79 Å². The number of carbonyl (C=O) groups excluding carboxylic acids is 1. The number of esters is 1. The summed E-state index contributed by atoms with van der Waals surface area (Å²) in [6.45, 7) is 2.18. The van der Waals surface area contributed by atoms with Crippen molar-refractivity contribution in [3.8, 4) is 0 Å². The second kappa shape index (κ2) is 4.04. The van der Waals surface area contributed by atoms with Crippen LogP contribution >= 0.6 is 0 Å². The molecule has 1 aliphatic rings. The van der Waals surface area contributed by atoms with Crippen molar-refractivity contribution < 1.29 is 9.53 Å². The van der Waals surface area contributed by atoms with Crippen molar-refractivity contribution in [2.75, 3.05) is 7.11 Å². The number of hydrogen-bond acceptors (Lipinski definition) is 3. The van der Waals surface area contributed by atoms with Gasteiger partial charge in [0.2, 0.25) is 0 Å². The maximum Gasteiger partial charge on any atom is 0.358 e. The molecule has 0 bridgehead atoms. The first-order valence-corrected chi connectivity index (χ1v) is 5.36. The SMILES string of the molecule is COC(=O)c1cc(C(C)C2CCC2)[nH]n1. The Hall–Kier alpha value is -1.32. The molecule has 1 aromatic rings. The second-order valence-electron chi connectivity index (χ2n) is 4.18. The predicted molar refractivity (Wildman–Crippen MR) is 55.7 cm³/mol. The fourth-order valence-electron chi connectivity index (χ4n) is 1.97. The number of aromatic amines is 1. The number of nitrogens with zero attached hydrogens (tertiary/aromatic N) is 1. The van der Waals surface area contributed by atoms with E-state index in [0.29, 0.717) is 11.6 Å². The molecule has 0 radical (unpaired) electrons. The van der Waals surface area contributed by atoms with Gasteiger partial charge in [-0.05, 0) is 24.8 Å². The van der Waals surface area contributed by atoms with Crippen LogP contribution in [-0.4, -0.2) is 23.3 Å². The predicted octanol–water partition coefficient (Wildman–Crippen LogP) is 2.10. The molecule has 82 valence electrons. The maximum atomic E-state index is 11.2. The molecule has 15 heavy (non-hydrogen) atoms. The van der Waals surface area contributed by atoms with Crippen LogP contribution in [0.2, 0.25) is 0 Å². The van der Waals surface area contributed by atoms with E-state index in [0.717, 1.165) is 11.6 Å². The largest absolute Gasteiger partial charge is 0.464 e. The summed E-state index contributed by atoms with van der Waals surface area (Å²) in [4.78, 5) is 11.2. The van der Waals surface area contributed by atoms with Crippen LogP contribution in [0.3, 0.4) is 0 Å². The highest BCUT2D eigenvalue weighted by Crippen LogP contribution is 2.38. The Bertz CT molecular complexity index is 355. The molecule has 1 aromatic heterocycles. The lowest BCUT2D eigenvalue weighted by molar-refractivity contribution is 0.0594. The minimum absolute atomic E-state index is 0.374. The van der Waals surface area contributed by atoms with Gasteiger partial charge in [0.15, 0.2) is 5.69 Å². The van der Waals surface area contributed by atoms with Gasteiger partial charge in [-0.1, -0.05) is 13.3 Å². The molecule has 1 fully saturated rings. The van der Waals surface area contributed by atoms with Gasteiger partial charge in [0.25, 0.3) is 0 Å². The average molecular weight is 208 g/mol. The van der Waals surface area contributed by atoms with Gasteiger partial charge in [0.05, 0.1) is 7.11 Å². The molecule has 0 aromatic carbocycles. The number of H-pyrrole nitrogens is 1. The highest BCUT2D eigenvalue weighted by Gasteiger charge is 2.26. The standard InChI is InChI=1S/C11H16N2O2/c1-7(8-4-3-5-8)9-6-10(13-12-9)11(14)15-2/h6-8H,3-5H2,1-2H3,(H,12,13). The lowest BCUT2D eigenvalue weighted by Gasteiger charge is -2.30. The van der Waals surface area contributed by atoms with E-state index >= 15 is 0 Å². The summed E-state index contributed by atoms with van der Waals surface area (Å²) >= 11 is 0. The molecule has 2 rings (SSSR count). The molecular weight excluding hydrogens is 192 g/mol. The first-order valence-electron chi connectivity index (χ1n) is 5.36. The zero-order valence-electron chi connectivity index (χ0n) is 9.12. The number of ether oxygens (including phenoxy) is 1. The topological polar surface area (TPSA) is 55.0 Å². The van der Waals surface area contributed by atoms with E-state index in [2.05, 4.69) is 21.9 Å². The first kappa shape index (κ1) is 10.2. The number of rotatable bonds is 3. The summed E-state index contributed by atoms with van der Waals surface area (Å²) < 4.78 is 4.61. The van der Waals surface area contributed by atoms with Gasteiger partial charge in [-0.3, -0.25) is 5.10 Å². The Kier molecular flexibility index (Phi) is 2.75. The number of hydrogen-bond donors (Lipinski definition) is 1. The molecule has 1 heterocycles. The minimum atomic E-state index is -0.377. The molecule has 0 aliphatic heterocycles. The maximum absolute atomic E-state index is 11.2. The van der Waals surface area contributed by atoms with Crippen molar-refractivity contribution >= 4 is 5.97 Å². The molecular formula is C11H16N2O2. The van der Waals surface area contributed by atoms with Crippen LogP contribution in [0.5, 0.6) is 0 Å². The zero-order valence-corrected chi connectivity index (χ0v) is 9.12. The van der Waals surface area contributed by atoms with Crippen molar-refractivity contribution in [2.45, 2.75) is 32.1 Å². The van der Waals surface area contributed by atoms with Crippen LogP contribution in [0, 0.1) is 5.92 Å². The molecule has 0 amide bonds. The minimum Gasteiger partial charge on any atom is -0.464 e. The molecule has 4 nitrogen and oxygen atoms in total. The van der Waals surface area contributed by atoms with Crippen molar-refractivity contribution in [1.29, 1.82) is 0 Å². The van der Waals surface area contributed by atoms with Gasteiger partial charge in [-0.15, -0.1) is 0 Å². The molecule has 1 unspecified atom stereocenters. The molecule has 4 heteroatoms. The lowest BCUT2D eigenvalue weighted by atomic mass is 9.75. The highest BCUT2D eigenvalue weighted by molar-refractivity contribution is 5.87. The van der Waals surface area contributed by atoms with Gasteiger partial charge >= 0.3 is 5.97 Å². The van der Waals surface area contributed by atoms with Crippen molar-refractivity contribution in [2.24, 2.45) is 5.92 Å². The quantitative estimate of drug-likeness (QED) is 0.774. The monoisotopic (exact) mass is 208 g/mol. The van der Waals surface area contributed by atoms with Crippen LogP contribution in [-0.2, 0) is 4.74 Å². The third-order valence-electron chi connectivity index (χ3n) is 3.34. The molecule has 1 saturated carbocycles. The third kappa shape index (κ3) is 1.89. The smallest absolute Gasteiger partial charge is 0.358 e. The zero-order chi connectivity index (χ0) is 10.8. The number of methoxy groups -OCH3 is 1. The molecule has 0 saturated heterocycles. The van der Waals surface area contributed by atoms with Crippen LogP contribution in [0.25, 0.3) is 0 Å². The number of aromatic nitrogens is 2. The van der Waals surface area contributed by atoms with Crippen LogP contribution in [0.15, 0.2) is 6.07 Å². The Morgan fingerprint density at radius 3 is 2.93 bits per heavy atom. The highest BCUT2D eigenvalue weighted by atomic mass is 16.5. The van der Waals surface area contributed by atoms with Crippen LogP contribution in [0.1, 0.15) is 48.3 Å². The molecule has 1 atom stereocenters. The van der Waals surface area contributed by atoms with Crippen molar-refractivity contribution in [3.63, 3.8) is 0 Å². The fourth-order valence-corrected chi connectivity index (χ4v) is 1.97. The average Bonchev–Trinajstić information content (AvgIpc) is 2.62. The second-order valence-corrected chi connectivity index (χ2v) is 4.18. The van der Waals surface area contributed by atoms with Crippen molar-refractivity contribution in [1.82, 2.24) is 10.2 Å². The van der Waals surface area contributed by atoms with E-state index in [9.17, 15) is 4.79 Å². The van der Waals surface area contributed by atoms with E-state index in [-0.39, 0.29) is 5.97 Å². The van der Waals surface area contributed by atoms with E-state index in [1.54, 1.807) is 6.07 Å². The van der Waals surface area contributed by atoms with E-state index in [1.165, 1.54) is 26.4 Å². The molecule has 1 aliphatic carbocycles. The van der Waals surface area contributed by atoms with E-state index in [1.807, 2.05) is 0 Å². The summed E-state index contributed by atoms with van der Waals surface area (Å²) in [6, 6.07) is 1.80. The number of nitrogens with one attached hydrogen (secondary N) is 1. The fraction of sp³-hybridized carbons (Fsp3) is 0.636. The third-order valence-corrected chi connectivity index (χ3v) is 3.34. The first-order chi connectivity index (χ1) is 7.22. The summed E-state index contributed by atoms with van der Waals surface area (Å²) in [6.07, 6.45) is 3.90. The van der Waals surface area contributed by atoms with Gasteiger partial charge in [0, 0.05) is 11.6 Å². The summed E-state index contributed by atoms with van der Waals surface area (Å²) in [7, 11) is 1.37. The van der Waals surface area contributed by atoms with E-state index < -0.39 is 0 Å². The van der Waals surface area contributed by atoms with Gasteiger partial charge in [0.1, 0.15) is 0 Å². The van der Waals surface area contributed by atoms with Gasteiger partial charge in [-0.2, -0.15) is 5.10 Å². The summed E-state index contributed by atoms with van der Waals surface area (Å²) in [5.74, 6) is 0.832. The Morgan fingerprint density at radius 2 is 2.40 bits per heavy atom. The Balaban J connectivity index is 2.08. The Labute approximate surface area is 89.0 Å². The normalized spacial score (nSPS) is 18.3. The number of carbonyl (C=O) groups is 1. The molecule has 0 spiro atoms.